The van der Waals surface area contributed by atoms with Crippen LogP contribution in [0.1, 0.15) is 10.5 Å². The second-order valence-electron chi connectivity index (χ2n) is 4.25. The number of benzene rings is 1. The molecule has 5 nitrogen and oxygen atoms in total. The predicted molar refractivity (Wildman–Crippen MR) is 83.6 cm³/mol. The van der Waals surface area contributed by atoms with E-state index in [1.54, 1.807) is 7.05 Å². The molecular formula is C14H13BrClN3O2. The summed E-state index contributed by atoms with van der Waals surface area (Å²) in [5, 5.41) is 0.257. The van der Waals surface area contributed by atoms with Crippen molar-refractivity contribution in [1.29, 1.82) is 0 Å². The van der Waals surface area contributed by atoms with Crippen LogP contribution in [0.15, 0.2) is 41.1 Å². The average molecular weight is 371 g/mol. The van der Waals surface area contributed by atoms with E-state index in [-0.39, 0.29) is 16.8 Å². The fourth-order valence-corrected chi connectivity index (χ4v) is 1.91. The fraction of sp³-hybridized carbons (Fsp3) is 0.214. The summed E-state index contributed by atoms with van der Waals surface area (Å²) in [7, 11) is 1.68. The van der Waals surface area contributed by atoms with Gasteiger partial charge in [0.15, 0.2) is 0 Å². The van der Waals surface area contributed by atoms with Crippen LogP contribution in [0.5, 0.6) is 5.75 Å². The molecule has 0 spiro atoms. The molecule has 0 bridgehead atoms. The molecular weight excluding hydrogens is 358 g/mol. The summed E-state index contributed by atoms with van der Waals surface area (Å²) in [6.07, 6.45) is 2.71. The van der Waals surface area contributed by atoms with Crippen LogP contribution in [0, 0.1) is 0 Å². The van der Waals surface area contributed by atoms with Crippen LogP contribution in [0.2, 0.25) is 5.15 Å². The Balaban J connectivity index is 1.83. The van der Waals surface area contributed by atoms with Gasteiger partial charge in [-0.1, -0.05) is 27.5 Å². The van der Waals surface area contributed by atoms with Crippen molar-refractivity contribution in [1.82, 2.24) is 14.9 Å². The number of aromatic nitrogens is 2. The Morgan fingerprint density at radius 1 is 1.29 bits per heavy atom. The molecule has 0 atom stereocenters. The van der Waals surface area contributed by atoms with Crippen molar-refractivity contribution in [3.8, 4) is 5.75 Å². The molecule has 1 heterocycles. The molecule has 0 fully saturated rings. The van der Waals surface area contributed by atoms with Crippen molar-refractivity contribution in [2.24, 2.45) is 0 Å². The lowest BCUT2D eigenvalue weighted by molar-refractivity contribution is 0.0767. The number of ether oxygens (including phenoxy) is 1. The number of amides is 1. The molecule has 0 N–H and O–H groups in total. The van der Waals surface area contributed by atoms with Crippen molar-refractivity contribution in [2.75, 3.05) is 20.2 Å². The number of carbonyl (C=O) groups excluding carboxylic acids is 1. The molecule has 2 rings (SSSR count). The van der Waals surface area contributed by atoms with Gasteiger partial charge in [0.2, 0.25) is 0 Å². The van der Waals surface area contributed by atoms with Gasteiger partial charge in [-0.3, -0.25) is 4.79 Å². The zero-order chi connectivity index (χ0) is 15.2. The lowest BCUT2D eigenvalue weighted by atomic mass is 10.3. The number of carbonyl (C=O) groups is 1. The van der Waals surface area contributed by atoms with Gasteiger partial charge in [-0.15, -0.1) is 0 Å². The summed E-state index contributed by atoms with van der Waals surface area (Å²) >= 11 is 8.99. The lowest BCUT2D eigenvalue weighted by Crippen LogP contribution is -2.31. The Labute approximate surface area is 136 Å². The van der Waals surface area contributed by atoms with Crippen LogP contribution in [0.3, 0.4) is 0 Å². The number of likely N-dealkylation sites (N-methyl/N-ethyl adjacent to an activating group) is 1. The van der Waals surface area contributed by atoms with Crippen LogP contribution in [-0.4, -0.2) is 41.0 Å². The van der Waals surface area contributed by atoms with Crippen molar-refractivity contribution in [3.05, 3.63) is 52.0 Å². The molecule has 0 saturated carbocycles. The van der Waals surface area contributed by atoms with Crippen molar-refractivity contribution >= 4 is 33.4 Å². The Bertz CT molecular complexity index is 605. The first-order valence-corrected chi connectivity index (χ1v) is 7.35. The van der Waals surface area contributed by atoms with Gasteiger partial charge in [0, 0.05) is 11.5 Å². The van der Waals surface area contributed by atoms with E-state index in [1.165, 1.54) is 17.3 Å². The lowest BCUT2D eigenvalue weighted by Gasteiger charge is -2.16. The number of hydrogen-bond donors (Lipinski definition) is 0. The highest BCUT2D eigenvalue weighted by atomic mass is 79.9. The van der Waals surface area contributed by atoms with Crippen LogP contribution in [-0.2, 0) is 0 Å². The average Bonchev–Trinajstić information content (AvgIpc) is 2.49. The van der Waals surface area contributed by atoms with Crippen LogP contribution in [0.25, 0.3) is 0 Å². The second kappa shape index (κ2) is 7.38. The van der Waals surface area contributed by atoms with E-state index in [0.717, 1.165) is 10.2 Å². The molecule has 1 aromatic heterocycles. The van der Waals surface area contributed by atoms with Crippen LogP contribution in [0.4, 0.5) is 0 Å². The van der Waals surface area contributed by atoms with Crippen molar-refractivity contribution in [3.63, 3.8) is 0 Å². The smallest absolute Gasteiger partial charge is 0.273 e. The predicted octanol–water partition coefficient (Wildman–Crippen LogP) is 3.04. The minimum absolute atomic E-state index is 0.224. The first kappa shape index (κ1) is 15.7. The summed E-state index contributed by atoms with van der Waals surface area (Å²) in [6.45, 7) is 0.837. The topological polar surface area (TPSA) is 55.3 Å². The molecule has 1 aromatic carbocycles. The van der Waals surface area contributed by atoms with E-state index < -0.39 is 0 Å². The van der Waals surface area contributed by atoms with Crippen LogP contribution < -0.4 is 4.74 Å². The third kappa shape index (κ3) is 4.68. The normalized spacial score (nSPS) is 10.2. The van der Waals surface area contributed by atoms with Gasteiger partial charge in [0.1, 0.15) is 23.2 Å². The third-order valence-electron chi connectivity index (χ3n) is 2.70. The monoisotopic (exact) mass is 369 g/mol. The minimum atomic E-state index is -0.224. The SMILES string of the molecule is CN(CCOc1ccc(Br)cc1)C(=O)c1cnc(Cl)cn1. The molecule has 0 saturated heterocycles. The van der Waals surface area contributed by atoms with E-state index in [9.17, 15) is 4.79 Å². The number of halogens is 2. The summed E-state index contributed by atoms with van der Waals surface area (Å²) < 4.78 is 6.55. The number of rotatable bonds is 5. The van der Waals surface area contributed by atoms with E-state index in [0.29, 0.717) is 13.2 Å². The molecule has 7 heteroatoms. The van der Waals surface area contributed by atoms with E-state index >= 15 is 0 Å². The van der Waals surface area contributed by atoms with Crippen molar-refractivity contribution < 1.29 is 9.53 Å². The zero-order valence-corrected chi connectivity index (χ0v) is 13.6. The summed E-state index contributed by atoms with van der Waals surface area (Å²) in [6, 6.07) is 7.51. The Morgan fingerprint density at radius 2 is 2.00 bits per heavy atom. The van der Waals surface area contributed by atoms with Gasteiger partial charge in [0.05, 0.1) is 18.9 Å². The summed E-state index contributed by atoms with van der Waals surface area (Å²) in [5.74, 6) is 0.531. The molecule has 0 unspecified atom stereocenters. The maximum atomic E-state index is 12.1. The molecule has 110 valence electrons. The Hall–Kier alpha value is -1.66. The molecule has 1 amide bonds. The van der Waals surface area contributed by atoms with Crippen LogP contribution >= 0.6 is 27.5 Å². The van der Waals surface area contributed by atoms with Gasteiger partial charge < -0.3 is 9.64 Å². The van der Waals surface area contributed by atoms with Gasteiger partial charge in [-0.05, 0) is 24.3 Å². The van der Waals surface area contributed by atoms with E-state index in [4.69, 9.17) is 16.3 Å². The molecule has 0 aliphatic rings. The first-order chi connectivity index (χ1) is 10.1. The maximum absolute atomic E-state index is 12.1. The molecule has 2 aromatic rings. The van der Waals surface area contributed by atoms with Gasteiger partial charge in [-0.25, -0.2) is 9.97 Å². The van der Waals surface area contributed by atoms with Gasteiger partial charge in [-0.2, -0.15) is 0 Å². The standard InChI is InChI=1S/C14H13BrClN3O2/c1-19(14(20)12-8-18-13(16)9-17-12)6-7-21-11-4-2-10(15)3-5-11/h2-5,8-9H,6-7H2,1H3. The fourth-order valence-electron chi connectivity index (χ4n) is 1.55. The maximum Gasteiger partial charge on any atom is 0.273 e. The van der Waals surface area contributed by atoms with E-state index in [1.807, 2.05) is 24.3 Å². The van der Waals surface area contributed by atoms with E-state index in [2.05, 4.69) is 25.9 Å². The first-order valence-electron chi connectivity index (χ1n) is 6.17. The third-order valence-corrected chi connectivity index (χ3v) is 3.42. The molecule has 0 aliphatic heterocycles. The Morgan fingerprint density at radius 3 is 2.62 bits per heavy atom. The molecule has 0 aliphatic carbocycles. The highest BCUT2D eigenvalue weighted by Gasteiger charge is 2.13. The van der Waals surface area contributed by atoms with Crippen molar-refractivity contribution in [2.45, 2.75) is 0 Å². The van der Waals surface area contributed by atoms with Gasteiger partial charge in [0.25, 0.3) is 5.91 Å². The zero-order valence-electron chi connectivity index (χ0n) is 11.3. The molecule has 0 radical (unpaired) electrons. The van der Waals surface area contributed by atoms with Gasteiger partial charge >= 0.3 is 0 Å². The second-order valence-corrected chi connectivity index (χ2v) is 5.56. The highest BCUT2D eigenvalue weighted by Crippen LogP contribution is 2.16. The quantitative estimate of drug-likeness (QED) is 0.812. The largest absolute Gasteiger partial charge is 0.492 e. The highest BCUT2D eigenvalue weighted by molar-refractivity contribution is 9.10. The summed E-state index contributed by atoms with van der Waals surface area (Å²) in [4.78, 5) is 21.4. The molecule has 21 heavy (non-hydrogen) atoms. The summed E-state index contributed by atoms with van der Waals surface area (Å²) in [5.41, 5.74) is 0.255. The number of nitrogens with zero attached hydrogens (tertiary/aromatic N) is 3. The number of hydrogen-bond acceptors (Lipinski definition) is 4. The minimum Gasteiger partial charge on any atom is -0.492 e. The Kier molecular flexibility index (Phi) is 5.52.